The maximum Gasteiger partial charge on any atom is 0.232 e. The zero-order valence-corrected chi connectivity index (χ0v) is 10.0. The molecule has 0 aromatic heterocycles. The Morgan fingerprint density at radius 3 is 2.78 bits per heavy atom. The van der Waals surface area contributed by atoms with Crippen molar-refractivity contribution in [1.82, 2.24) is 4.90 Å². The lowest BCUT2D eigenvalue weighted by atomic mass is 10.1. The van der Waals surface area contributed by atoms with E-state index in [4.69, 9.17) is 9.47 Å². The van der Waals surface area contributed by atoms with Crippen molar-refractivity contribution in [3.05, 3.63) is 23.8 Å². The number of nitrogens with zero attached hydrogens (tertiary/aromatic N) is 1. The minimum absolute atomic E-state index is 0.0994. The van der Waals surface area contributed by atoms with Crippen LogP contribution in [0.5, 0.6) is 11.5 Å². The molecule has 2 amide bonds. The smallest absolute Gasteiger partial charge is 0.232 e. The van der Waals surface area contributed by atoms with Crippen LogP contribution in [-0.4, -0.2) is 23.5 Å². The molecule has 0 aliphatic carbocycles. The molecule has 1 aromatic carbocycles. The van der Waals surface area contributed by atoms with Crippen LogP contribution in [0.15, 0.2) is 18.2 Å². The van der Waals surface area contributed by atoms with Crippen LogP contribution in [0.25, 0.3) is 0 Å². The summed E-state index contributed by atoms with van der Waals surface area (Å²) in [5.74, 6) is 0.959. The summed E-state index contributed by atoms with van der Waals surface area (Å²) in [7, 11) is 0. The van der Waals surface area contributed by atoms with Crippen molar-refractivity contribution >= 4 is 11.8 Å². The van der Waals surface area contributed by atoms with E-state index in [2.05, 4.69) is 0 Å². The average Bonchev–Trinajstić information content (AvgIpc) is 2.89. The maximum absolute atomic E-state index is 11.8. The van der Waals surface area contributed by atoms with E-state index in [1.54, 1.807) is 13.0 Å². The molecule has 0 radical (unpaired) electrons. The van der Waals surface area contributed by atoms with Crippen LogP contribution in [0.4, 0.5) is 0 Å². The molecule has 1 aromatic rings. The fourth-order valence-electron chi connectivity index (χ4n) is 2.24. The molecule has 0 N–H and O–H groups in total. The highest BCUT2D eigenvalue weighted by Gasteiger charge is 2.35. The van der Waals surface area contributed by atoms with Crippen LogP contribution in [0.2, 0.25) is 0 Å². The highest BCUT2D eigenvalue weighted by atomic mass is 16.7. The zero-order valence-electron chi connectivity index (χ0n) is 10.0. The highest BCUT2D eigenvalue weighted by Crippen LogP contribution is 2.33. The van der Waals surface area contributed by atoms with Gasteiger partial charge >= 0.3 is 0 Å². The van der Waals surface area contributed by atoms with E-state index in [-0.39, 0.29) is 24.5 Å². The van der Waals surface area contributed by atoms with Crippen molar-refractivity contribution < 1.29 is 19.1 Å². The third kappa shape index (κ3) is 1.72. The summed E-state index contributed by atoms with van der Waals surface area (Å²) in [6.45, 7) is 2.30. The Balaban J connectivity index is 1.81. The van der Waals surface area contributed by atoms with E-state index < -0.39 is 0 Å². The molecule has 5 nitrogen and oxygen atoms in total. The normalized spacial score (nSPS) is 21.8. The number of rotatable bonds is 2. The molecule has 0 bridgehead atoms. The molecule has 18 heavy (non-hydrogen) atoms. The monoisotopic (exact) mass is 247 g/mol. The first-order chi connectivity index (χ1) is 8.65. The number of benzene rings is 1. The summed E-state index contributed by atoms with van der Waals surface area (Å²) < 4.78 is 10.5. The third-order valence-electron chi connectivity index (χ3n) is 3.25. The summed E-state index contributed by atoms with van der Waals surface area (Å²) >= 11 is 0. The third-order valence-corrected chi connectivity index (χ3v) is 3.25. The van der Waals surface area contributed by atoms with Crippen LogP contribution >= 0.6 is 0 Å². The zero-order chi connectivity index (χ0) is 12.7. The fraction of sp³-hybridized carbons (Fsp3) is 0.385. The Labute approximate surface area is 104 Å². The Morgan fingerprint density at radius 2 is 2.06 bits per heavy atom. The van der Waals surface area contributed by atoms with Gasteiger partial charge in [-0.3, -0.25) is 14.5 Å². The van der Waals surface area contributed by atoms with Gasteiger partial charge in [-0.15, -0.1) is 0 Å². The number of hydrogen-bond acceptors (Lipinski definition) is 4. The molecule has 2 aliphatic heterocycles. The quantitative estimate of drug-likeness (QED) is 0.739. The Hall–Kier alpha value is -2.04. The van der Waals surface area contributed by atoms with Gasteiger partial charge in [-0.25, -0.2) is 0 Å². The van der Waals surface area contributed by atoms with Crippen LogP contribution < -0.4 is 9.47 Å². The first-order valence-electron chi connectivity index (χ1n) is 5.88. The summed E-state index contributed by atoms with van der Waals surface area (Å²) in [6, 6.07) is 5.45. The second-order valence-electron chi connectivity index (χ2n) is 4.61. The minimum atomic E-state index is -0.202. The van der Waals surface area contributed by atoms with Gasteiger partial charge in [0, 0.05) is 12.3 Å². The summed E-state index contributed by atoms with van der Waals surface area (Å²) in [5, 5.41) is 0. The van der Waals surface area contributed by atoms with E-state index >= 15 is 0 Å². The van der Waals surface area contributed by atoms with Gasteiger partial charge in [0.1, 0.15) is 0 Å². The SMILES string of the molecule is C[C@H]1CC(=O)N(Cc2ccc3c(c2)OCO3)C1=O. The van der Waals surface area contributed by atoms with Gasteiger partial charge in [0.2, 0.25) is 18.6 Å². The first kappa shape index (κ1) is 11.1. The molecular formula is C13H13NO4. The van der Waals surface area contributed by atoms with Crippen LogP contribution in [0.1, 0.15) is 18.9 Å². The van der Waals surface area contributed by atoms with Gasteiger partial charge in [-0.05, 0) is 17.7 Å². The van der Waals surface area contributed by atoms with Crippen molar-refractivity contribution in [2.45, 2.75) is 19.9 Å². The molecule has 5 heteroatoms. The molecular weight excluding hydrogens is 234 g/mol. The van der Waals surface area contributed by atoms with Crippen molar-refractivity contribution in [3.63, 3.8) is 0 Å². The molecule has 1 saturated heterocycles. The van der Waals surface area contributed by atoms with E-state index in [0.717, 1.165) is 5.56 Å². The number of ether oxygens (including phenoxy) is 2. The first-order valence-corrected chi connectivity index (χ1v) is 5.88. The molecule has 0 unspecified atom stereocenters. The van der Waals surface area contributed by atoms with Crippen LogP contribution in [0.3, 0.4) is 0 Å². The van der Waals surface area contributed by atoms with E-state index in [1.807, 2.05) is 12.1 Å². The fourth-order valence-corrected chi connectivity index (χ4v) is 2.24. The predicted octanol–water partition coefficient (Wildman–Crippen LogP) is 1.31. The standard InChI is InChI=1S/C13H13NO4/c1-8-4-12(15)14(13(8)16)6-9-2-3-10-11(5-9)18-7-17-10/h2-3,5,8H,4,6-7H2,1H3/t8-/m0/s1. The Bertz CT molecular complexity index is 526. The molecule has 3 rings (SSSR count). The summed E-state index contributed by atoms with van der Waals surface area (Å²) in [5.41, 5.74) is 0.870. The largest absolute Gasteiger partial charge is 0.454 e. The second kappa shape index (κ2) is 4.01. The number of fused-ring (bicyclic) bond motifs is 1. The maximum atomic E-state index is 11.8. The van der Waals surface area contributed by atoms with Crippen molar-refractivity contribution in [1.29, 1.82) is 0 Å². The lowest BCUT2D eigenvalue weighted by molar-refractivity contribution is -0.139. The van der Waals surface area contributed by atoms with Gasteiger partial charge in [-0.1, -0.05) is 13.0 Å². The molecule has 2 heterocycles. The lowest BCUT2D eigenvalue weighted by Crippen LogP contribution is -2.29. The van der Waals surface area contributed by atoms with E-state index in [1.165, 1.54) is 4.90 Å². The van der Waals surface area contributed by atoms with Gasteiger partial charge in [-0.2, -0.15) is 0 Å². The highest BCUT2D eigenvalue weighted by molar-refractivity contribution is 6.03. The topological polar surface area (TPSA) is 55.8 Å². The van der Waals surface area contributed by atoms with E-state index in [0.29, 0.717) is 24.5 Å². The Kier molecular flexibility index (Phi) is 2.47. The number of imide groups is 1. The van der Waals surface area contributed by atoms with E-state index in [9.17, 15) is 9.59 Å². The molecule has 94 valence electrons. The molecule has 0 saturated carbocycles. The van der Waals surface area contributed by atoms with Crippen LogP contribution in [-0.2, 0) is 16.1 Å². The summed E-state index contributed by atoms with van der Waals surface area (Å²) in [4.78, 5) is 24.8. The van der Waals surface area contributed by atoms with Gasteiger partial charge in [0.25, 0.3) is 0 Å². The van der Waals surface area contributed by atoms with Crippen molar-refractivity contribution in [2.75, 3.05) is 6.79 Å². The molecule has 1 atom stereocenters. The molecule has 0 spiro atoms. The number of carbonyl (C=O) groups is 2. The number of carbonyl (C=O) groups excluding carboxylic acids is 2. The van der Waals surface area contributed by atoms with Gasteiger partial charge in [0.05, 0.1) is 6.54 Å². The predicted molar refractivity (Wildman–Crippen MR) is 61.9 cm³/mol. The minimum Gasteiger partial charge on any atom is -0.454 e. The van der Waals surface area contributed by atoms with Crippen molar-refractivity contribution in [2.24, 2.45) is 5.92 Å². The van der Waals surface area contributed by atoms with Gasteiger partial charge < -0.3 is 9.47 Å². The number of amides is 2. The number of likely N-dealkylation sites (tertiary alicyclic amines) is 1. The van der Waals surface area contributed by atoms with Crippen molar-refractivity contribution in [3.8, 4) is 11.5 Å². The Morgan fingerprint density at radius 1 is 1.28 bits per heavy atom. The van der Waals surface area contributed by atoms with Crippen LogP contribution in [0, 0.1) is 5.92 Å². The number of hydrogen-bond donors (Lipinski definition) is 0. The second-order valence-corrected chi connectivity index (χ2v) is 4.61. The molecule has 1 fully saturated rings. The van der Waals surface area contributed by atoms with Gasteiger partial charge in [0.15, 0.2) is 11.5 Å². The average molecular weight is 247 g/mol. The summed E-state index contributed by atoms with van der Waals surface area (Å²) in [6.07, 6.45) is 0.309. The lowest BCUT2D eigenvalue weighted by Gasteiger charge is -2.14. The molecule has 2 aliphatic rings.